The highest BCUT2D eigenvalue weighted by molar-refractivity contribution is 14.0. The lowest BCUT2D eigenvalue weighted by Crippen LogP contribution is -2.41. The van der Waals surface area contributed by atoms with Crippen molar-refractivity contribution in [3.8, 4) is 5.75 Å². The zero-order chi connectivity index (χ0) is 18.4. The topological polar surface area (TPSA) is 85.0 Å². The molecule has 0 aliphatic carbocycles. The minimum Gasteiger partial charge on any atom is -0.495 e. The molecule has 146 valence electrons. The molecule has 3 N–H and O–H groups in total. The molecule has 1 aliphatic heterocycles. The van der Waals surface area contributed by atoms with Gasteiger partial charge in [0.05, 0.1) is 32.1 Å². The molecule has 1 unspecified atom stereocenters. The first-order chi connectivity index (χ1) is 12.7. The fraction of sp³-hybridized carbons (Fsp3) is 0.368. The van der Waals surface area contributed by atoms with Crippen LogP contribution in [0.3, 0.4) is 0 Å². The molecule has 0 spiro atoms. The number of pyridine rings is 1. The van der Waals surface area contributed by atoms with Gasteiger partial charge < -0.3 is 25.4 Å². The van der Waals surface area contributed by atoms with E-state index in [1.165, 1.54) is 0 Å². The van der Waals surface area contributed by atoms with Crippen LogP contribution in [-0.4, -0.2) is 43.9 Å². The summed E-state index contributed by atoms with van der Waals surface area (Å²) in [6, 6.07) is 11.6. The van der Waals surface area contributed by atoms with Crippen LogP contribution in [0.25, 0.3) is 0 Å². The molecule has 7 nitrogen and oxygen atoms in total. The number of rotatable bonds is 5. The molecule has 27 heavy (non-hydrogen) atoms. The van der Waals surface area contributed by atoms with Crippen molar-refractivity contribution >= 4 is 41.4 Å². The van der Waals surface area contributed by atoms with Gasteiger partial charge in [-0.25, -0.2) is 9.98 Å². The van der Waals surface area contributed by atoms with Crippen LogP contribution < -0.4 is 20.7 Å². The van der Waals surface area contributed by atoms with Gasteiger partial charge in [0.2, 0.25) is 0 Å². The second-order valence-corrected chi connectivity index (χ2v) is 6.18. The minimum absolute atomic E-state index is 0. The zero-order valence-corrected chi connectivity index (χ0v) is 17.9. The van der Waals surface area contributed by atoms with Crippen molar-refractivity contribution in [2.75, 3.05) is 37.0 Å². The highest BCUT2D eigenvalue weighted by atomic mass is 127. The molecule has 8 heteroatoms. The number of halogens is 1. The van der Waals surface area contributed by atoms with E-state index in [4.69, 9.17) is 15.2 Å². The highest BCUT2D eigenvalue weighted by Crippen LogP contribution is 2.22. The molecule has 2 aromatic rings. The molecule has 1 fully saturated rings. The Morgan fingerprint density at radius 3 is 2.89 bits per heavy atom. The quantitative estimate of drug-likeness (QED) is 0.387. The Bertz CT molecular complexity index is 754. The van der Waals surface area contributed by atoms with Gasteiger partial charge in [-0.3, -0.25) is 0 Å². The van der Waals surface area contributed by atoms with E-state index in [9.17, 15) is 0 Å². The number of benzene rings is 1. The predicted octanol–water partition coefficient (Wildman–Crippen LogP) is 2.86. The third-order valence-electron chi connectivity index (χ3n) is 4.18. The highest BCUT2D eigenvalue weighted by Gasteiger charge is 2.17. The molecule has 1 aromatic carbocycles. The average molecular weight is 483 g/mol. The lowest BCUT2D eigenvalue weighted by atomic mass is 10.2. The monoisotopic (exact) mass is 483 g/mol. The normalized spacial score (nSPS) is 17.2. The Labute approximate surface area is 177 Å². The van der Waals surface area contributed by atoms with Crippen LogP contribution in [0.1, 0.15) is 12.5 Å². The summed E-state index contributed by atoms with van der Waals surface area (Å²) in [5.41, 5.74) is 7.76. The van der Waals surface area contributed by atoms with Gasteiger partial charge in [0.25, 0.3) is 0 Å². The Morgan fingerprint density at radius 1 is 1.37 bits per heavy atom. The molecule has 1 aliphatic rings. The number of hydrogen-bond acceptors (Lipinski definition) is 5. The van der Waals surface area contributed by atoms with Gasteiger partial charge in [0.15, 0.2) is 5.96 Å². The number of morpholine rings is 1. The molecule has 1 atom stereocenters. The second kappa shape index (κ2) is 10.3. The summed E-state index contributed by atoms with van der Waals surface area (Å²) in [6.07, 6.45) is 2.07. The molecule has 3 rings (SSSR count). The Balaban J connectivity index is 0.00000261. The summed E-state index contributed by atoms with van der Waals surface area (Å²) in [4.78, 5) is 11.2. The first kappa shape index (κ1) is 21.2. The van der Waals surface area contributed by atoms with E-state index in [0.29, 0.717) is 12.5 Å². The van der Waals surface area contributed by atoms with Crippen molar-refractivity contribution in [2.24, 2.45) is 10.7 Å². The smallest absolute Gasteiger partial charge is 0.193 e. The summed E-state index contributed by atoms with van der Waals surface area (Å²) in [6.45, 7) is 5.00. The van der Waals surface area contributed by atoms with Gasteiger partial charge >= 0.3 is 0 Å². The van der Waals surface area contributed by atoms with E-state index in [1.807, 2.05) is 42.6 Å². The van der Waals surface area contributed by atoms with Crippen molar-refractivity contribution in [3.05, 3.63) is 48.2 Å². The van der Waals surface area contributed by atoms with Crippen LogP contribution in [0, 0.1) is 0 Å². The average Bonchev–Trinajstić information content (AvgIpc) is 2.67. The molecular weight excluding hydrogens is 457 g/mol. The number of aliphatic imine (C=N–C) groups is 1. The van der Waals surface area contributed by atoms with Crippen LogP contribution in [-0.2, 0) is 11.3 Å². The lowest BCUT2D eigenvalue weighted by molar-refractivity contribution is 0.0529. The first-order valence-electron chi connectivity index (χ1n) is 8.67. The number of anilines is 2. The zero-order valence-electron chi connectivity index (χ0n) is 15.6. The van der Waals surface area contributed by atoms with E-state index in [-0.39, 0.29) is 30.1 Å². The first-order valence-corrected chi connectivity index (χ1v) is 8.67. The van der Waals surface area contributed by atoms with E-state index < -0.39 is 0 Å². The SMILES string of the molecule is COc1ccccc1NC(N)=NCc1ccc(N2CCOC(C)C2)nc1.I. The van der Waals surface area contributed by atoms with Crippen molar-refractivity contribution in [2.45, 2.75) is 19.6 Å². The summed E-state index contributed by atoms with van der Waals surface area (Å²) < 4.78 is 10.9. The van der Waals surface area contributed by atoms with Gasteiger partial charge in [-0.2, -0.15) is 0 Å². The van der Waals surface area contributed by atoms with Crippen molar-refractivity contribution in [1.29, 1.82) is 0 Å². The Morgan fingerprint density at radius 2 is 2.19 bits per heavy atom. The van der Waals surface area contributed by atoms with Gasteiger partial charge in [-0.1, -0.05) is 18.2 Å². The Kier molecular flexibility index (Phi) is 8.11. The van der Waals surface area contributed by atoms with Crippen LogP contribution in [0.15, 0.2) is 47.6 Å². The molecule has 1 saturated heterocycles. The van der Waals surface area contributed by atoms with Crippen molar-refractivity contribution < 1.29 is 9.47 Å². The van der Waals surface area contributed by atoms with Gasteiger partial charge in [0.1, 0.15) is 11.6 Å². The van der Waals surface area contributed by atoms with Crippen LogP contribution in [0.2, 0.25) is 0 Å². The number of hydrogen-bond donors (Lipinski definition) is 2. The summed E-state index contributed by atoms with van der Waals surface area (Å²) in [7, 11) is 1.62. The van der Waals surface area contributed by atoms with E-state index in [2.05, 4.69) is 27.1 Å². The molecule has 1 aromatic heterocycles. The van der Waals surface area contributed by atoms with Gasteiger partial charge in [0, 0.05) is 19.3 Å². The van der Waals surface area contributed by atoms with Crippen LogP contribution in [0.4, 0.5) is 11.5 Å². The molecule has 2 heterocycles. The van der Waals surface area contributed by atoms with Gasteiger partial charge in [-0.05, 0) is 30.7 Å². The number of nitrogens with two attached hydrogens (primary N) is 1. The Hall–Kier alpha value is -2.07. The number of ether oxygens (including phenoxy) is 2. The van der Waals surface area contributed by atoms with E-state index >= 15 is 0 Å². The molecule has 0 saturated carbocycles. The number of methoxy groups -OCH3 is 1. The fourth-order valence-corrected chi connectivity index (χ4v) is 2.83. The van der Waals surface area contributed by atoms with Gasteiger partial charge in [-0.15, -0.1) is 24.0 Å². The standard InChI is InChI=1S/C19H25N5O2.HI/c1-14-13-24(9-10-26-14)18-8-7-15(11-21-18)12-22-19(20)23-16-5-3-4-6-17(16)25-2;/h3-8,11,14H,9-10,12-13H2,1-2H3,(H3,20,22,23);1H. The number of guanidine groups is 1. The number of aromatic nitrogens is 1. The summed E-state index contributed by atoms with van der Waals surface area (Å²) in [5.74, 6) is 2.02. The fourth-order valence-electron chi connectivity index (χ4n) is 2.83. The third-order valence-corrected chi connectivity index (χ3v) is 4.18. The maximum absolute atomic E-state index is 5.98. The molecule has 0 amide bonds. The van der Waals surface area contributed by atoms with Crippen LogP contribution >= 0.6 is 24.0 Å². The third kappa shape index (κ3) is 5.96. The van der Waals surface area contributed by atoms with Crippen molar-refractivity contribution in [1.82, 2.24) is 4.98 Å². The lowest BCUT2D eigenvalue weighted by Gasteiger charge is -2.32. The van der Waals surface area contributed by atoms with Crippen LogP contribution in [0.5, 0.6) is 5.75 Å². The number of para-hydroxylation sites is 2. The number of nitrogens with one attached hydrogen (secondary N) is 1. The number of nitrogens with zero attached hydrogens (tertiary/aromatic N) is 3. The molecule has 0 bridgehead atoms. The van der Waals surface area contributed by atoms with E-state index in [0.717, 1.165) is 42.5 Å². The summed E-state index contributed by atoms with van der Waals surface area (Å²) >= 11 is 0. The largest absolute Gasteiger partial charge is 0.495 e. The second-order valence-electron chi connectivity index (χ2n) is 6.18. The molecule has 0 radical (unpaired) electrons. The minimum atomic E-state index is 0. The summed E-state index contributed by atoms with van der Waals surface area (Å²) in [5, 5.41) is 3.06. The van der Waals surface area contributed by atoms with E-state index in [1.54, 1.807) is 7.11 Å². The van der Waals surface area contributed by atoms with Crippen molar-refractivity contribution in [3.63, 3.8) is 0 Å². The molecular formula is C19H26IN5O2. The maximum Gasteiger partial charge on any atom is 0.193 e. The predicted molar refractivity (Wildman–Crippen MR) is 119 cm³/mol. The maximum atomic E-state index is 5.98.